The summed E-state index contributed by atoms with van der Waals surface area (Å²) in [7, 11) is 0. The number of carbonyl (C=O) groups is 1. The first-order valence-corrected chi connectivity index (χ1v) is 8.33. The predicted molar refractivity (Wildman–Crippen MR) is 83.6 cm³/mol. The predicted octanol–water partition coefficient (Wildman–Crippen LogP) is 3.04. The number of piperidine rings is 1. The van der Waals surface area contributed by atoms with Crippen LogP contribution in [0.3, 0.4) is 0 Å². The van der Waals surface area contributed by atoms with Crippen LogP contribution in [0, 0.1) is 0 Å². The first-order chi connectivity index (χ1) is 9.75. The van der Waals surface area contributed by atoms with Crippen LogP contribution >= 0.6 is 15.9 Å². The Hall–Kier alpha value is -0.870. The summed E-state index contributed by atoms with van der Waals surface area (Å²) >= 11 is 3.61. The molecule has 1 aromatic rings. The van der Waals surface area contributed by atoms with Gasteiger partial charge in [0.05, 0.1) is 6.54 Å². The molecule has 1 unspecified atom stereocenters. The highest BCUT2D eigenvalue weighted by atomic mass is 79.9. The van der Waals surface area contributed by atoms with Gasteiger partial charge in [0.1, 0.15) is 0 Å². The molecule has 0 saturated carbocycles. The number of benzene rings is 1. The van der Waals surface area contributed by atoms with Gasteiger partial charge in [-0.15, -0.1) is 0 Å². The summed E-state index contributed by atoms with van der Waals surface area (Å²) in [6.07, 6.45) is 5.76. The molecule has 0 radical (unpaired) electrons. The normalized spacial score (nSPS) is 21.9. The van der Waals surface area contributed by atoms with Gasteiger partial charge in [-0.3, -0.25) is 4.79 Å². The van der Waals surface area contributed by atoms with Crippen molar-refractivity contribution in [1.29, 1.82) is 0 Å². The molecule has 3 rings (SSSR count). The zero-order valence-corrected chi connectivity index (χ0v) is 13.3. The van der Waals surface area contributed by atoms with E-state index in [4.69, 9.17) is 0 Å². The van der Waals surface area contributed by atoms with E-state index < -0.39 is 0 Å². The number of nitrogens with zero attached hydrogens (tertiary/aromatic N) is 1. The first-order valence-electron chi connectivity index (χ1n) is 7.54. The van der Waals surface area contributed by atoms with Crippen molar-refractivity contribution in [3.05, 3.63) is 33.8 Å². The molecule has 1 amide bonds. The van der Waals surface area contributed by atoms with Crippen LogP contribution < -0.4 is 5.32 Å². The van der Waals surface area contributed by atoms with E-state index in [9.17, 15) is 4.79 Å². The van der Waals surface area contributed by atoms with Gasteiger partial charge in [0.2, 0.25) is 5.91 Å². The van der Waals surface area contributed by atoms with E-state index in [-0.39, 0.29) is 5.91 Å². The largest absolute Gasteiger partial charge is 0.342 e. The van der Waals surface area contributed by atoms with E-state index in [2.05, 4.69) is 39.4 Å². The molecule has 20 heavy (non-hydrogen) atoms. The topological polar surface area (TPSA) is 32.3 Å². The minimum absolute atomic E-state index is 0.258. The number of rotatable bonds is 3. The monoisotopic (exact) mass is 336 g/mol. The van der Waals surface area contributed by atoms with Crippen molar-refractivity contribution in [2.75, 3.05) is 19.6 Å². The molecule has 1 aliphatic heterocycles. The summed E-state index contributed by atoms with van der Waals surface area (Å²) in [6.45, 7) is 2.34. The van der Waals surface area contributed by atoms with Gasteiger partial charge in [0, 0.05) is 23.6 Å². The minimum Gasteiger partial charge on any atom is -0.342 e. The molecule has 0 spiro atoms. The zero-order chi connectivity index (χ0) is 13.9. The van der Waals surface area contributed by atoms with Crippen molar-refractivity contribution in [2.45, 2.75) is 38.1 Å². The fraction of sp³-hybridized carbons (Fsp3) is 0.562. The van der Waals surface area contributed by atoms with Crippen LogP contribution in [-0.4, -0.2) is 30.4 Å². The highest BCUT2D eigenvalue weighted by Gasteiger charge is 2.25. The Bertz CT molecular complexity index is 497. The van der Waals surface area contributed by atoms with Crippen molar-refractivity contribution < 1.29 is 4.79 Å². The third-order valence-electron chi connectivity index (χ3n) is 4.42. The highest BCUT2D eigenvalue weighted by molar-refractivity contribution is 9.10. The molecule has 1 aromatic carbocycles. The van der Waals surface area contributed by atoms with Crippen molar-refractivity contribution in [3.8, 4) is 0 Å². The molecule has 1 saturated heterocycles. The number of halogens is 1. The lowest BCUT2D eigenvalue weighted by Crippen LogP contribution is -2.41. The number of hydrogen-bond donors (Lipinski definition) is 1. The van der Waals surface area contributed by atoms with Crippen LogP contribution in [0.4, 0.5) is 0 Å². The molecular formula is C16H21BrN2O. The second-order valence-electron chi connectivity index (χ2n) is 5.72. The number of nitrogens with one attached hydrogen (secondary N) is 1. The molecule has 1 N–H and O–H groups in total. The first kappa shape index (κ1) is 14.1. The molecule has 0 aromatic heterocycles. The van der Waals surface area contributed by atoms with Crippen LogP contribution in [0.25, 0.3) is 0 Å². The maximum absolute atomic E-state index is 12.2. The van der Waals surface area contributed by atoms with Crippen molar-refractivity contribution in [1.82, 2.24) is 10.2 Å². The van der Waals surface area contributed by atoms with Gasteiger partial charge in [-0.1, -0.05) is 28.1 Å². The molecule has 4 heteroatoms. The van der Waals surface area contributed by atoms with Crippen LogP contribution in [-0.2, 0) is 11.2 Å². The van der Waals surface area contributed by atoms with Crippen LogP contribution in [0.1, 0.15) is 42.9 Å². The van der Waals surface area contributed by atoms with E-state index in [1.165, 1.54) is 22.0 Å². The second-order valence-corrected chi connectivity index (χ2v) is 6.58. The Kier molecular flexibility index (Phi) is 4.41. The summed E-state index contributed by atoms with van der Waals surface area (Å²) in [5.41, 5.74) is 2.75. The molecule has 1 atom stereocenters. The number of carbonyl (C=O) groups excluding carboxylic acids is 1. The Morgan fingerprint density at radius 2 is 2.10 bits per heavy atom. The lowest BCUT2D eigenvalue weighted by Gasteiger charge is -2.27. The van der Waals surface area contributed by atoms with Crippen LogP contribution in [0.2, 0.25) is 0 Å². The molecule has 1 heterocycles. The van der Waals surface area contributed by atoms with Gasteiger partial charge in [0.15, 0.2) is 0 Å². The molecule has 108 valence electrons. The van der Waals surface area contributed by atoms with Crippen molar-refractivity contribution in [2.24, 2.45) is 0 Å². The van der Waals surface area contributed by atoms with E-state index in [0.29, 0.717) is 12.6 Å². The highest BCUT2D eigenvalue weighted by Crippen LogP contribution is 2.35. The smallest absolute Gasteiger partial charge is 0.236 e. The third-order valence-corrected chi connectivity index (χ3v) is 5.16. The average molecular weight is 337 g/mol. The molecule has 0 bridgehead atoms. The Morgan fingerprint density at radius 3 is 2.90 bits per heavy atom. The average Bonchev–Trinajstić information content (AvgIpc) is 2.90. The van der Waals surface area contributed by atoms with E-state index >= 15 is 0 Å². The third kappa shape index (κ3) is 2.91. The second kappa shape index (κ2) is 6.27. The van der Waals surface area contributed by atoms with Crippen molar-refractivity contribution in [3.63, 3.8) is 0 Å². The summed E-state index contributed by atoms with van der Waals surface area (Å²) in [5.74, 6) is 0.258. The SMILES string of the molecule is O=C(CNC1CCc2c(Br)cccc21)N1CCCCC1. The van der Waals surface area contributed by atoms with Gasteiger partial charge in [-0.25, -0.2) is 0 Å². The van der Waals surface area contributed by atoms with Crippen LogP contribution in [0.15, 0.2) is 22.7 Å². The quantitative estimate of drug-likeness (QED) is 0.920. The number of fused-ring (bicyclic) bond motifs is 1. The van der Waals surface area contributed by atoms with Gasteiger partial charge in [0.25, 0.3) is 0 Å². The molecule has 1 aliphatic carbocycles. The fourth-order valence-corrected chi connectivity index (χ4v) is 3.87. The standard InChI is InChI=1S/C16H21BrN2O/c17-14-6-4-5-13-12(14)7-8-15(13)18-11-16(20)19-9-2-1-3-10-19/h4-6,15,18H,1-3,7-11H2. The molecular weight excluding hydrogens is 316 g/mol. The Morgan fingerprint density at radius 1 is 1.30 bits per heavy atom. The summed E-state index contributed by atoms with van der Waals surface area (Å²) < 4.78 is 1.20. The number of hydrogen-bond acceptors (Lipinski definition) is 2. The summed E-state index contributed by atoms with van der Waals surface area (Å²) in [5, 5.41) is 3.45. The maximum Gasteiger partial charge on any atom is 0.236 e. The zero-order valence-electron chi connectivity index (χ0n) is 11.7. The van der Waals surface area contributed by atoms with Gasteiger partial charge in [-0.2, -0.15) is 0 Å². The Balaban J connectivity index is 1.58. The lowest BCUT2D eigenvalue weighted by molar-refractivity contribution is -0.131. The number of amides is 1. The summed E-state index contributed by atoms with van der Waals surface area (Å²) in [6, 6.07) is 6.68. The fourth-order valence-electron chi connectivity index (χ4n) is 3.29. The molecule has 2 aliphatic rings. The maximum atomic E-state index is 12.2. The number of likely N-dealkylation sites (tertiary alicyclic amines) is 1. The van der Waals surface area contributed by atoms with Gasteiger partial charge < -0.3 is 10.2 Å². The van der Waals surface area contributed by atoms with E-state index in [1.54, 1.807) is 0 Å². The van der Waals surface area contributed by atoms with E-state index in [0.717, 1.165) is 38.8 Å². The molecule has 1 fully saturated rings. The van der Waals surface area contributed by atoms with E-state index in [1.807, 2.05) is 4.90 Å². The van der Waals surface area contributed by atoms with Gasteiger partial charge >= 0.3 is 0 Å². The minimum atomic E-state index is 0.258. The molecule has 3 nitrogen and oxygen atoms in total. The van der Waals surface area contributed by atoms with Crippen molar-refractivity contribution >= 4 is 21.8 Å². The summed E-state index contributed by atoms with van der Waals surface area (Å²) in [4.78, 5) is 14.2. The Labute approximate surface area is 128 Å². The lowest BCUT2D eigenvalue weighted by atomic mass is 10.1. The van der Waals surface area contributed by atoms with Crippen LogP contribution in [0.5, 0.6) is 0 Å². The van der Waals surface area contributed by atoms with Gasteiger partial charge in [-0.05, 0) is 49.3 Å².